The molecular weight excluding hydrogens is 386 g/mol. The van der Waals surface area contributed by atoms with Crippen LogP contribution in [0.25, 0.3) is 11.0 Å². The molecule has 1 aliphatic rings. The van der Waals surface area contributed by atoms with Crippen molar-refractivity contribution in [1.82, 2.24) is 5.32 Å². The predicted octanol–water partition coefficient (Wildman–Crippen LogP) is 3.35. The Hall–Kier alpha value is -2.83. The molecule has 2 aromatic rings. The van der Waals surface area contributed by atoms with Gasteiger partial charge < -0.3 is 19.2 Å². The van der Waals surface area contributed by atoms with E-state index in [0.29, 0.717) is 23.2 Å². The third-order valence-electron chi connectivity index (χ3n) is 5.99. The molecule has 1 heterocycles. The monoisotopic (exact) mass is 415 g/mol. The Morgan fingerprint density at radius 3 is 2.77 bits per heavy atom. The number of carbonyl (C=O) groups excluding carboxylic acids is 2. The first-order chi connectivity index (χ1) is 14.2. The fourth-order valence-electron chi connectivity index (χ4n) is 3.91. The van der Waals surface area contributed by atoms with E-state index in [9.17, 15) is 14.4 Å². The van der Waals surface area contributed by atoms with Crippen molar-refractivity contribution < 1.29 is 23.5 Å². The Balaban J connectivity index is 1.52. The smallest absolute Gasteiger partial charge is 0.344 e. The molecule has 0 saturated heterocycles. The highest BCUT2D eigenvalue weighted by molar-refractivity contribution is 5.84. The molecule has 1 aromatic carbocycles. The van der Waals surface area contributed by atoms with Crippen LogP contribution in [0.2, 0.25) is 0 Å². The van der Waals surface area contributed by atoms with Gasteiger partial charge in [-0.2, -0.15) is 0 Å². The number of hydrogen-bond acceptors (Lipinski definition) is 6. The second kappa shape index (κ2) is 9.32. The number of rotatable bonds is 6. The van der Waals surface area contributed by atoms with E-state index in [1.807, 2.05) is 6.92 Å². The average Bonchev–Trinajstić information content (AvgIpc) is 2.69. The minimum Gasteiger partial charge on any atom is -0.482 e. The molecule has 30 heavy (non-hydrogen) atoms. The average molecular weight is 415 g/mol. The Kier molecular flexibility index (Phi) is 6.80. The molecule has 1 amide bonds. The summed E-state index contributed by atoms with van der Waals surface area (Å²) in [5.41, 5.74) is 0.737. The predicted molar refractivity (Wildman–Crippen MR) is 112 cm³/mol. The fraction of sp³-hybridized carbons (Fsp3) is 0.522. The molecule has 7 heteroatoms. The van der Waals surface area contributed by atoms with Crippen molar-refractivity contribution in [3.63, 3.8) is 0 Å². The zero-order valence-electron chi connectivity index (χ0n) is 17.9. The Labute approximate surface area is 175 Å². The van der Waals surface area contributed by atoms with E-state index in [2.05, 4.69) is 19.2 Å². The molecule has 1 N–H and O–H groups in total. The molecule has 0 bridgehead atoms. The molecule has 0 aliphatic heterocycles. The zero-order chi connectivity index (χ0) is 21.8. The van der Waals surface area contributed by atoms with Crippen molar-refractivity contribution in [3.05, 3.63) is 40.2 Å². The molecule has 162 valence electrons. The van der Waals surface area contributed by atoms with Gasteiger partial charge in [-0.1, -0.05) is 26.7 Å². The van der Waals surface area contributed by atoms with Crippen LogP contribution in [0.5, 0.6) is 5.75 Å². The van der Waals surface area contributed by atoms with Gasteiger partial charge in [-0.15, -0.1) is 0 Å². The highest BCUT2D eigenvalue weighted by atomic mass is 16.6. The second-order valence-electron chi connectivity index (χ2n) is 8.21. The van der Waals surface area contributed by atoms with E-state index in [0.717, 1.165) is 23.8 Å². The second-order valence-corrected chi connectivity index (χ2v) is 8.21. The third kappa shape index (κ3) is 5.20. The van der Waals surface area contributed by atoms with Gasteiger partial charge in [0.1, 0.15) is 11.3 Å². The van der Waals surface area contributed by atoms with Gasteiger partial charge in [0, 0.05) is 23.6 Å². The van der Waals surface area contributed by atoms with Crippen molar-refractivity contribution in [2.45, 2.75) is 59.1 Å². The van der Waals surface area contributed by atoms with E-state index in [-0.39, 0.29) is 18.6 Å². The largest absolute Gasteiger partial charge is 0.482 e. The van der Waals surface area contributed by atoms with Crippen LogP contribution in [-0.4, -0.2) is 30.6 Å². The Bertz CT molecular complexity index is 981. The van der Waals surface area contributed by atoms with Crippen molar-refractivity contribution in [3.8, 4) is 5.75 Å². The number of fused-ring (bicyclic) bond motifs is 1. The lowest BCUT2D eigenvalue weighted by molar-refractivity contribution is -0.157. The van der Waals surface area contributed by atoms with Crippen LogP contribution < -0.4 is 15.7 Å². The van der Waals surface area contributed by atoms with Gasteiger partial charge in [-0.05, 0) is 49.8 Å². The van der Waals surface area contributed by atoms with Crippen molar-refractivity contribution in [1.29, 1.82) is 0 Å². The van der Waals surface area contributed by atoms with E-state index >= 15 is 0 Å². The highest BCUT2D eigenvalue weighted by Gasteiger charge is 2.30. The number of benzene rings is 1. The summed E-state index contributed by atoms with van der Waals surface area (Å²) in [5.74, 6) is 0.386. The van der Waals surface area contributed by atoms with Gasteiger partial charge in [0.15, 0.2) is 12.7 Å². The number of ether oxygens (including phenoxy) is 2. The number of hydrogen-bond donors (Lipinski definition) is 1. The number of carbonyl (C=O) groups is 2. The lowest BCUT2D eigenvalue weighted by Crippen LogP contribution is -2.47. The van der Waals surface area contributed by atoms with Gasteiger partial charge in [0.25, 0.3) is 5.91 Å². The van der Waals surface area contributed by atoms with Crippen molar-refractivity contribution in [2.24, 2.45) is 11.8 Å². The van der Waals surface area contributed by atoms with Crippen LogP contribution in [0.1, 0.15) is 45.6 Å². The van der Waals surface area contributed by atoms with Crippen LogP contribution in [0.4, 0.5) is 0 Å². The van der Waals surface area contributed by atoms with E-state index in [1.165, 1.54) is 12.5 Å². The molecule has 1 aliphatic carbocycles. The summed E-state index contributed by atoms with van der Waals surface area (Å²) >= 11 is 0. The molecule has 1 fully saturated rings. The van der Waals surface area contributed by atoms with Gasteiger partial charge >= 0.3 is 11.6 Å². The first kappa shape index (κ1) is 21.9. The maximum atomic E-state index is 12.4. The molecule has 4 atom stereocenters. The van der Waals surface area contributed by atoms with Gasteiger partial charge in [-0.3, -0.25) is 4.79 Å². The van der Waals surface area contributed by atoms with Crippen LogP contribution in [0, 0.1) is 18.8 Å². The van der Waals surface area contributed by atoms with Gasteiger partial charge in [0.05, 0.1) is 0 Å². The highest BCUT2D eigenvalue weighted by Crippen LogP contribution is 2.29. The Morgan fingerprint density at radius 1 is 1.23 bits per heavy atom. The molecule has 3 rings (SSSR count). The van der Waals surface area contributed by atoms with E-state index < -0.39 is 17.7 Å². The number of aryl methyl sites for hydroxylation is 1. The van der Waals surface area contributed by atoms with E-state index in [1.54, 1.807) is 25.1 Å². The van der Waals surface area contributed by atoms with Gasteiger partial charge in [0.2, 0.25) is 0 Å². The molecule has 0 unspecified atom stereocenters. The molecule has 7 nitrogen and oxygen atoms in total. The summed E-state index contributed by atoms with van der Waals surface area (Å²) in [5, 5.41) is 3.80. The van der Waals surface area contributed by atoms with Crippen molar-refractivity contribution in [2.75, 3.05) is 6.61 Å². The minimum atomic E-state index is -0.900. The first-order valence-electron chi connectivity index (χ1n) is 10.4. The number of esters is 1. The van der Waals surface area contributed by atoms with E-state index in [4.69, 9.17) is 13.9 Å². The maximum absolute atomic E-state index is 12.4. The summed E-state index contributed by atoms with van der Waals surface area (Å²) < 4.78 is 15.8. The molecule has 0 radical (unpaired) electrons. The lowest BCUT2D eigenvalue weighted by atomic mass is 9.78. The van der Waals surface area contributed by atoms with Crippen LogP contribution in [0.15, 0.2) is 33.5 Å². The standard InChI is InChI=1S/C23H29NO6/c1-13-6-5-7-19(15(13)3)24-23(27)16(4)29-22(26)12-28-17-8-9-18-14(2)10-21(25)30-20(18)11-17/h8-11,13,15-16,19H,5-7,12H2,1-4H3,(H,24,27)/t13-,15-,16-,19+/m0/s1. The zero-order valence-corrected chi connectivity index (χ0v) is 17.9. The maximum Gasteiger partial charge on any atom is 0.344 e. The molecule has 0 spiro atoms. The summed E-state index contributed by atoms with van der Waals surface area (Å²) in [6.07, 6.45) is 2.30. The van der Waals surface area contributed by atoms with Crippen LogP contribution >= 0.6 is 0 Å². The van der Waals surface area contributed by atoms with Crippen LogP contribution in [0.3, 0.4) is 0 Å². The summed E-state index contributed by atoms with van der Waals surface area (Å²) in [7, 11) is 0. The normalized spacial score (nSPS) is 22.3. The molecular formula is C23H29NO6. The summed E-state index contributed by atoms with van der Waals surface area (Å²) in [6, 6.07) is 6.52. The third-order valence-corrected chi connectivity index (χ3v) is 5.99. The SMILES string of the molecule is Cc1cc(=O)oc2cc(OCC(=O)O[C@@H](C)C(=O)N[C@@H]3CCC[C@H](C)[C@@H]3C)ccc12. The first-order valence-corrected chi connectivity index (χ1v) is 10.4. The number of amides is 1. The fourth-order valence-corrected chi connectivity index (χ4v) is 3.91. The summed E-state index contributed by atoms with van der Waals surface area (Å²) in [6.45, 7) is 7.36. The Morgan fingerprint density at radius 2 is 2.00 bits per heavy atom. The molecule has 1 aromatic heterocycles. The summed E-state index contributed by atoms with van der Waals surface area (Å²) in [4.78, 5) is 36.1. The molecule has 1 saturated carbocycles. The lowest BCUT2D eigenvalue weighted by Gasteiger charge is -2.35. The van der Waals surface area contributed by atoms with Gasteiger partial charge in [-0.25, -0.2) is 9.59 Å². The topological polar surface area (TPSA) is 94.8 Å². The quantitative estimate of drug-likeness (QED) is 0.574. The minimum absolute atomic E-state index is 0.106. The van der Waals surface area contributed by atoms with Crippen LogP contribution in [-0.2, 0) is 14.3 Å². The number of nitrogens with one attached hydrogen (secondary N) is 1. The van der Waals surface area contributed by atoms with Crippen molar-refractivity contribution >= 4 is 22.8 Å².